The first-order valence-corrected chi connectivity index (χ1v) is 10.5. The molecule has 1 heterocycles. The number of halogens is 1. The van der Waals surface area contributed by atoms with Crippen molar-refractivity contribution < 1.29 is 18.3 Å². The lowest BCUT2D eigenvalue weighted by Crippen LogP contribution is -2.44. The lowest BCUT2D eigenvalue weighted by Gasteiger charge is -2.37. The number of aliphatic hydroxyl groups is 1. The number of primary sulfonamides is 1. The van der Waals surface area contributed by atoms with Crippen molar-refractivity contribution in [3.05, 3.63) is 63.6 Å². The molecule has 2 aromatic carbocycles. The highest BCUT2D eigenvalue weighted by atomic mass is 79.9. The predicted octanol–water partition coefficient (Wildman–Crippen LogP) is 2.05. The molecule has 1 atom stereocenters. The zero-order chi connectivity index (χ0) is 18.9. The Morgan fingerprint density at radius 1 is 1.23 bits per heavy atom. The molecule has 1 aliphatic rings. The monoisotopic (exact) mass is 438 g/mol. The molecule has 26 heavy (non-hydrogen) atoms. The summed E-state index contributed by atoms with van der Waals surface area (Å²) in [6, 6.07) is 12.0. The van der Waals surface area contributed by atoms with Crippen molar-refractivity contribution in [2.24, 2.45) is 5.14 Å². The van der Waals surface area contributed by atoms with Gasteiger partial charge in [0.2, 0.25) is 10.0 Å². The van der Waals surface area contributed by atoms with Crippen molar-refractivity contribution in [2.75, 3.05) is 6.61 Å². The van der Waals surface area contributed by atoms with Crippen molar-refractivity contribution in [1.29, 1.82) is 0 Å². The van der Waals surface area contributed by atoms with Crippen LogP contribution in [0.1, 0.15) is 27.9 Å². The Hall–Kier alpha value is -1.74. The largest absolute Gasteiger partial charge is 0.396 e. The van der Waals surface area contributed by atoms with E-state index in [1.54, 1.807) is 11.0 Å². The summed E-state index contributed by atoms with van der Waals surface area (Å²) < 4.78 is 23.8. The number of nitrogens with zero attached hydrogens (tertiary/aromatic N) is 1. The maximum atomic E-state index is 13.1. The maximum Gasteiger partial charge on any atom is 0.254 e. The smallest absolute Gasteiger partial charge is 0.254 e. The van der Waals surface area contributed by atoms with Crippen LogP contribution in [0.4, 0.5) is 0 Å². The van der Waals surface area contributed by atoms with Gasteiger partial charge in [0.05, 0.1) is 4.90 Å². The van der Waals surface area contributed by atoms with Gasteiger partial charge in [-0.3, -0.25) is 4.79 Å². The van der Waals surface area contributed by atoms with E-state index >= 15 is 0 Å². The Bertz CT molecular complexity index is 946. The standard InChI is InChI=1S/C18H19BrN2O4S/c19-15-7-14(9-17(10-15)26(20,24)25)18(23)21-11-13-4-2-1-3-12(13)8-16(21)5-6-22/h1-4,7,9-10,16,22H,5-6,8,11H2,(H2,20,24,25). The molecule has 6 nitrogen and oxygen atoms in total. The summed E-state index contributed by atoms with van der Waals surface area (Å²) >= 11 is 3.24. The van der Waals surface area contributed by atoms with Gasteiger partial charge in [0.15, 0.2) is 0 Å². The number of sulfonamides is 1. The van der Waals surface area contributed by atoms with Gasteiger partial charge in [0.25, 0.3) is 5.91 Å². The summed E-state index contributed by atoms with van der Waals surface area (Å²) in [6.07, 6.45) is 1.11. The first-order valence-electron chi connectivity index (χ1n) is 8.11. The van der Waals surface area contributed by atoms with Gasteiger partial charge in [-0.2, -0.15) is 0 Å². The fourth-order valence-electron chi connectivity index (χ4n) is 3.25. The molecule has 0 radical (unpaired) electrons. The third-order valence-electron chi connectivity index (χ3n) is 4.53. The maximum absolute atomic E-state index is 13.1. The number of amides is 1. The summed E-state index contributed by atoms with van der Waals surface area (Å²) in [7, 11) is -3.93. The fourth-order valence-corrected chi connectivity index (χ4v) is 4.48. The molecule has 0 saturated heterocycles. The van der Waals surface area contributed by atoms with E-state index < -0.39 is 10.0 Å². The molecule has 0 saturated carbocycles. The van der Waals surface area contributed by atoms with Gasteiger partial charge >= 0.3 is 0 Å². The summed E-state index contributed by atoms with van der Waals surface area (Å²) in [5.41, 5.74) is 2.46. The molecule has 8 heteroatoms. The van der Waals surface area contributed by atoms with Crippen LogP contribution in [0.3, 0.4) is 0 Å². The van der Waals surface area contributed by atoms with Crippen molar-refractivity contribution in [1.82, 2.24) is 4.90 Å². The lowest BCUT2D eigenvalue weighted by atomic mass is 9.92. The number of carbonyl (C=O) groups is 1. The molecule has 0 fully saturated rings. The Morgan fingerprint density at radius 3 is 2.58 bits per heavy atom. The zero-order valence-corrected chi connectivity index (χ0v) is 16.3. The Kier molecular flexibility index (Phi) is 5.47. The topological polar surface area (TPSA) is 101 Å². The number of fused-ring (bicyclic) bond motifs is 1. The normalized spacial score (nSPS) is 17.0. The van der Waals surface area contributed by atoms with Crippen LogP contribution in [0.2, 0.25) is 0 Å². The minimum absolute atomic E-state index is 0.0302. The summed E-state index contributed by atoms with van der Waals surface area (Å²) in [5.74, 6) is -0.288. The van der Waals surface area contributed by atoms with E-state index in [1.165, 1.54) is 12.1 Å². The van der Waals surface area contributed by atoms with E-state index in [0.29, 0.717) is 23.9 Å². The van der Waals surface area contributed by atoms with E-state index in [2.05, 4.69) is 15.9 Å². The number of rotatable bonds is 4. The second kappa shape index (κ2) is 7.48. The number of carbonyl (C=O) groups excluding carboxylic acids is 1. The Balaban J connectivity index is 1.99. The lowest BCUT2D eigenvalue weighted by molar-refractivity contribution is 0.0606. The van der Waals surface area contributed by atoms with E-state index in [1.807, 2.05) is 24.3 Å². The summed E-state index contributed by atoms with van der Waals surface area (Å²) in [6.45, 7) is 0.383. The minimum Gasteiger partial charge on any atom is -0.396 e. The van der Waals surface area contributed by atoms with Crippen LogP contribution >= 0.6 is 15.9 Å². The van der Waals surface area contributed by atoms with Crippen molar-refractivity contribution >= 4 is 31.9 Å². The number of benzene rings is 2. The molecule has 3 rings (SSSR count). The summed E-state index contributed by atoms with van der Waals surface area (Å²) in [5, 5.41) is 14.6. The molecule has 0 aliphatic carbocycles. The van der Waals surface area contributed by atoms with Crippen LogP contribution in [-0.2, 0) is 23.0 Å². The average Bonchev–Trinajstić information content (AvgIpc) is 2.59. The second-order valence-corrected chi connectivity index (χ2v) is 8.77. The molecule has 0 bridgehead atoms. The molecular weight excluding hydrogens is 420 g/mol. The van der Waals surface area contributed by atoms with Crippen LogP contribution in [0.5, 0.6) is 0 Å². The number of nitrogens with two attached hydrogens (primary N) is 1. The molecular formula is C18H19BrN2O4S. The third-order valence-corrected chi connectivity index (χ3v) is 5.88. The summed E-state index contributed by atoms with van der Waals surface area (Å²) in [4.78, 5) is 14.7. The highest BCUT2D eigenvalue weighted by Crippen LogP contribution is 2.28. The molecule has 2 aromatic rings. The molecule has 138 valence electrons. The Labute approximate surface area is 160 Å². The van der Waals surface area contributed by atoms with E-state index in [9.17, 15) is 18.3 Å². The molecule has 1 aliphatic heterocycles. The number of hydrogen-bond donors (Lipinski definition) is 2. The number of hydrogen-bond acceptors (Lipinski definition) is 4. The van der Waals surface area contributed by atoms with Crippen LogP contribution in [0, 0.1) is 0 Å². The predicted molar refractivity (Wildman–Crippen MR) is 101 cm³/mol. The molecule has 0 aromatic heterocycles. The molecule has 1 amide bonds. The quantitative estimate of drug-likeness (QED) is 0.762. The van der Waals surface area contributed by atoms with Gasteiger partial charge in [-0.05, 0) is 42.2 Å². The minimum atomic E-state index is -3.93. The first-order chi connectivity index (χ1) is 12.3. The van der Waals surface area contributed by atoms with Crippen molar-refractivity contribution in [3.8, 4) is 0 Å². The zero-order valence-electron chi connectivity index (χ0n) is 13.9. The van der Waals surface area contributed by atoms with Crippen molar-refractivity contribution in [2.45, 2.75) is 30.3 Å². The van der Waals surface area contributed by atoms with Crippen LogP contribution in [-0.4, -0.2) is 37.0 Å². The highest BCUT2D eigenvalue weighted by Gasteiger charge is 2.30. The SMILES string of the molecule is NS(=O)(=O)c1cc(Br)cc(C(=O)N2Cc3ccccc3CC2CCO)c1. The number of aliphatic hydroxyl groups excluding tert-OH is 1. The van der Waals surface area contributed by atoms with E-state index in [4.69, 9.17) is 5.14 Å². The van der Waals surface area contributed by atoms with Crippen LogP contribution < -0.4 is 5.14 Å². The van der Waals surface area contributed by atoms with E-state index in [-0.39, 0.29) is 29.0 Å². The fraction of sp³-hybridized carbons (Fsp3) is 0.278. The Morgan fingerprint density at radius 2 is 1.92 bits per heavy atom. The van der Waals surface area contributed by atoms with Gasteiger partial charge in [-0.15, -0.1) is 0 Å². The van der Waals surface area contributed by atoms with Gasteiger partial charge in [-0.25, -0.2) is 13.6 Å². The molecule has 0 spiro atoms. The first kappa shape index (κ1) is 19.0. The highest BCUT2D eigenvalue weighted by molar-refractivity contribution is 9.10. The molecule has 1 unspecified atom stereocenters. The van der Waals surface area contributed by atoms with Gasteiger partial charge in [0.1, 0.15) is 0 Å². The van der Waals surface area contributed by atoms with Gasteiger partial charge in [-0.1, -0.05) is 40.2 Å². The third kappa shape index (κ3) is 3.98. The van der Waals surface area contributed by atoms with Gasteiger partial charge in [0, 0.05) is 29.2 Å². The van der Waals surface area contributed by atoms with Crippen LogP contribution in [0.25, 0.3) is 0 Å². The van der Waals surface area contributed by atoms with Crippen molar-refractivity contribution in [3.63, 3.8) is 0 Å². The van der Waals surface area contributed by atoms with Crippen LogP contribution in [0.15, 0.2) is 51.8 Å². The second-order valence-electron chi connectivity index (χ2n) is 6.29. The van der Waals surface area contributed by atoms with E-state index in [0.717, 1.165) is 11.1 Å². The molecule has 3 N–H and O–H groups in total. The van der Waals surface area contributed by atoms with Gasteiger partial charge < -0.3 is 10.0 Å². The average molecular weight is 439 g/mol.